The van der Waals surface area contributed by atoms with Gasteiger partial charge >= 0.3 is 0 Å². The lowest BCUT2D eigenvalue weighted by molar-refractivity contribution is 0.0897. The zero-order valence-electron chi connectivity index (χ0n) is 12.1. The van der Waals surface area contributed by atoms with E-state index in [1.54, 1.807) is 18.2 Å². The summed E-state index contributed by atoms with van der Waals surface area (Å²) in [5, 5.41) is 4.63. The minimum Gasteiger partial charge on any atom is -0.451 e. The van der Waals surface area contributed by atoms with Crippen LogP contribution in [0.2, 0.25) is 5.02 Å². The maximum absolute atomic E-state index is 12.5. The van der Waals surface area contributed by atoms with E-state index >= 15 is 0 Å². The molecule has 0 aliphatic heterocycles. The Hall–Kier alpha value is -1.74. The van der Waals surface area contributed by atoms with Gasteiger partial charge in [-0.15, -0.1) is 0 Å². The molecule has 22 heavy (non-hydrogen) atoms. The first-order chi connectivity index (χ1) is 10.7. The predicted octanol–water partition coefficient (Wildman–Crippen LogP) is 4.52. The molecule has 3 saturated carbocycles. The predicted molar refractivity (Wildman–Crippen MR) is 84.7 cm³/mol. The summed E-state index contributed by atoms with van der Waals surface area (Å²) in [5.41, 5.74) is 3.39. The van der Waals surface area contributed by atoms with E-state index in [4.69, 9.17) is 16.0 Å². The number of allylic oxidation sites excluding steroid dienone is 2. The first kappa shape index (κ1) is 12.8. The first-order valence-corrected chi connectivity index (χ1v) is 8.28. The fourth-order valence-corrected chi connectivity index (χ4v) is 4.81. The Morgan fingerprint density at radius 3 is 2.77 bits per heavy atom. The Labute approximate surface area is 133 Å². The van der Waals surface area contributed by atoms with Crippen LogP contribution in [0.15, 0.2) is 40.0 Å². The lowest BCUT2D eigenvalue weighted by Crippen LogP contribution is -2.45. The zero-order chi connectivity index (χ0) is 14.8. The van der Waals surface area contributed by atoms with Crippen molar-refractivity contribution in [3.63, 3.8) is 0 Å². The maximum Gasteiger partial charge on any atom is 0.291 e. The van der Waals surface area contributed by atoms with Gasteiger partial charge in [-0.2, -0.15) is 0 Å². The van der Waals surface area contributed by atoms with E-state index in [1.807, 2.05) is 6.07 Å². The van der Waals surface area contributed by atoms with Crippen molar-refractivity contribution in [3.05, 3.63) is 46.3 Å². The lowest BCUT2D eigenvalue weighted by Gasteiger charge is -2.53. The number of hydrogen-bond donors (Lipinski definition) is 1. The topological polar surface area (TPSA) is 42.2 Å². The van der Waals surface area contributed by atoms with Crippen LogP contribution in [0.1, 0.15) is 36.2 Å². The van der Waals surface area contributed by atoms with Gasteiger partial charge in [0.05, 0.1) is 0 Å². The summed E-state index contributed by atoms with van der Waals surface area (Å²) < 4.78 is 5.65. The second-order valence-corrected chi connectivity index (χ2v) is 7.29. The number of rotatable bonds is 2. The van der Waals surface area contributed by atoms with Gasteiger partial charge in [0.2, 0.25) is 0 Å². The van der Waals surface area contributed by atoms with Crippen molar-refractivity contribution in [2.75, 3.05) is 0 Å². The third-order valence-electron chi connectivity index (χ3n) is 5.49. The molecule has 1 heterocycles. The quantitative estimate of drug-likeness (QED) is 0.885. The van der Waals surface area contributed by atoms with Gasteiger partial charge in [-0.1, -0.05) is 11.6 Å². The van der Waals surface area contributed by atoms with Crippen LogP contribution in [0.3, 0.4) is 0 Å². The zero-order valence-corrected chi connectivity index (χ0v) is 12.8. The molecule has 1 amide bonds. The van der Waals surface area contributed by atoms with Crippen LogP contribution >= 0.6 is 11.6 Å². The highest BCUT2D eigenvalue weighted by Crippen LogP contribution is 2.58. The number of furan rings is 1. The fraction of sp³-hybridized carbons (Fsp3) is 0.389. The van der Waals surface area contributed by atoms with Crippen LogP contribution in [0.25, 0.3) is 11.0 Å². The number of fused-ring (bicyclic) bond motifs is 2. The molecule has 0 saturated heterocycles. The monoisotopic (exact) mass is 313 g/mol. The molecule has 112 valence electrons. The van der Waals surface area contributed by atoms with Crippen molar-refractivity contribution in [3.8, 4) is 0 Å². The van der Waals surface area contributed by atoms with Crippen LogP contribution in [-0.4, -0.2) is 5.91 Å². The van der Waals surface area contributed by atoms with Crippen LogP contribution < -0.4 is 5.32 Å². The minimum absolute atomic E-state index is 0.137. The van der Waals surface area contributed by atoms with Gasteiger partial charge in [0.25, 0.3) is 5.91 Å². The van der Waals surface area contributed by atoms with E-state index in [0.29, 0.717) is 16.4 Å². The summed E-state index contributed by atoms with van der Waals surface area (Å²) in [5.74, 6) is 2.47. The number of halogens is 1. The normalized spacial score (nSPS) is 28.9. The molecule has 1 N–H and O–H groups in total. The van der Waals surface area contributed by atoms with Gasteiger partial charge in [0.15, 0.2) is 5.76 Å². The van der Waals surface area contributed by atoms with Crippen molar-refractivity contribution in [1.82, 2.24) is 5.32 Å². The Balaban J connectivity index is 1.44. The average molecular weight is 314 g/mol. The van der Waals surface area contributed by atoms with E-state index in [9.17, 15) is 4.79 Å². The van der Waals surface area contributed by atoms with Gasteiger partial charge in [0, 0.05) is 16.1 Å². The Bertz CT molecular complexity index is 821. The van der Waals surface area contributed by atoms with Crippen LogP contribution in [0.4, 0.5) is 0 Å². The van der Waals surface area contributed by atoms with Gasteiger partial charge in [-0.25, -0.2) is 0 Å². The summed E-state index contributed by atoms with van der Waals surface area (Å²) in [4.78, 5) is 12.5. The standard InChI is InChI=1S/C18H16ClNO2/c19-13-1-2-15-10(7-13)8-16(22-15)18(21)20-14-5-9-3-11-6-12(4-9)17(11)14/h1-2,7-9,11-12H,3-6H2,(H,20,21). The molecule has 7 rings (SSSR count). The number of amides is 1. The van der Waals surface area contributed by atoms with Crippen molar-refractivity contribution < 1.29 is 9.21 Å². The van der Waals surface area contributed by atoms with Gasteiger partial charge in [-0.05, 0) is 73.3 Å². The van der Waals surface area contributed by atoms with Crippen LogP contribution in [0, 0.1) is 17.8 Å². The maximum atomic E-state index is 12.5. The number of hydrogen-bond acceptors (Lipinski definition) is 2. The minimum atomic E-state index is -0.137. The number of carbonyl (C=O) groups excluding carboxylic acids is 1. The molecule has 2 atom stereocenters. The van der Waals surface area contributed by atoms with E-state index < -0.39 is 0 Å². The summed E-state index contributed by atoms with van der Waals surface area (Å²) in [6.45, 7) is 0. The molecule has 4 heteroatoms. The van der Waals surface area contributed by atoms with Crippen molar-refractivity contribution in [2.45, 2.75) is 25.7 Å². The Morgan fingerprint density at radius 2 is 2.00 bits per heavy atom. The highest BCUT2D eigenvalue weighted by atomic mass is 35.5. The summed E-state index contributed by atoms with van der Waals surface area (Å²) in [6, 6.07) is 7.15. The van der Waals surface area contributed by atoms with Crippen molar-refractivity contribution in [1.29, 1.82) is 0 Å². The third kappa shape index (κ3) is 1.78. The molecule has 3 fully saturated rings. The molecule has 3 nitrogen and oxygen atoms in total. The number of benzene rings is 1. The molecular formula is C18H16ClNO2. The molecule has 4 bridgehead atoms. The largest absolute Gasteiger partial charge is 0.451 e. The second kappa shape index (κ2) is 4.39. The SMILES string of the molecule is O=C(NC1=C2C3CC(C1)CC2C3)c1cc2cc(Cl)ccc2o1. The van der Waals surface area contributed by atoms with E-state index in [2.05, 4.69) is 5.32 Å². The second-order valence-electron chi connectivity index (χ2n) is 6.85. The molecule has 0 radical (unpaired) electrons. The van der Waals surface area contributed by atoms with Gasteiger partial charge in [0.1, 0.15) is 5.58 Å². The van der Waals surface area contributed by atoms with E-state index in [-0.39, 0.29) is 5.91 Å². The van der Waals surface area contributed by atoms with E-state index in [0.717, 1.165) is 29.6 Å². The van der Waals surface area contributed by atoms with Gasteiger partial charge in [-0.3, -0.25) is 4.79 Å². The molecule has 5 aliphatic carbocycles. The summed E-state index contributed by atoms with van der Waals surface area (Å²) in [7, 11) is 0. The molecule has 0 spiro atoms. The number of nitrogens with one attached hydrogen (secondary N) is 1. The van der Waals surface area contributed by atoms with Gasteiger partial charge < -0.3 is 9.73 Å². The lowest BCUT2D eigenvalue weighted by atomic mass is 9.53. The van der Waals surface area contributed by atoms with Crippen LogP contribution in [0.5, 0.6) is 0 Å². The van der Waals surface area contributed by atoms with Crippen molar-refractivity contribution in [2.24, 2.45) is 17.8 Å². The van der Waals surface area contributed by atoms with E-state index in [1.165, 1.54) is 30.5 Å². The molecule has 2 unspecified atom stereocenters. The fourth-order valence-electron chi connectivity index (χ4n) is 4.63. The smallest absolute Gasteiger partial charge is 0.291 e. The summed E-state index contributed by atoms with van der Waals surface area (Å²) in [6.07, 6.45) is 5.01. The Kier molecular flexibility index (Phi) is 2.55. The Morgan fingerprint density at radius 1 is 1.18 bits per heavy atom. The third-order valence-corrected chi connectivity index (χ3v) is 5.73. The molecular weight excluding hydrogens is 298 g/mol. The molecule has 2 aromatic rings. The highest BCUT2D eigenvalue weighted by Gasteiger charge is 2.48. The molecule has 1 aromatic heterocycles. The highest BCUT2D eigenvalue weighted by molar-refractivity contribution is 6.31. The number of carbonyl (C=O) groups is 1. The molecule has 1 aromatic carbocycles. The van der Waals surface area contributed by atoms with Crippen LogP contribution in [-0.2, 0) is 0 Å². The molecule has 5 aliphatic rings. The summed E-state index contributed by atoms with van der Waals surface area (Å²) >= 11 is 5.98. The van der Waals surface area contributed by atoms with Crippen molar-refractivity contribution >= 4 is 28.5 Å². The average Bonchev–Trinajstić information content (AvgIpc) is 2.89. The first-order valence-electron chi connectivity index (χ1n) is 7.91.